The Morgan fingerprint density at radius 3 is 2.27 bits per heavy atom. The van der Waals surface area contributed by atoms with Gasteiger partial charge in [0.05, 0.1) is 12.6 Å². The van der Waals surface area contributed by atoms with Gasteiger partial charge in [0.25, 0.3) is 0 Å². The van der Waals surface area contributed by atoms with Crippen LogP contribution in [0.25, 0.3) is 0 Å². The summed E-state index contributed by atoms with van der Waals surface area (Å²) < 4.78 is 0. The topological polar surface area (TPSA) is 104 Å². The molecule has 0 aliphatic carbocycles. The van der Waals surface area contributed by atoms with Gasteiger partial charge in [-0.15, -0.1) is 0 Å². The second-order valence-corrected chi connectivity index (χ2v) is 2.39. The smallest absolute Gasteiger partial charge is 0.160 e. The Morgan fingerprint density at radius 1 is 1.55 bits per heavy atom. The van der Waals surface area contributed by atoms with Gasteiger partial charge in [0.2, 0.25) is 0 Å². The summed E-state index contributed by atoms with van der Waals surface area (Å²) in [7, 11) is 0. The molecule has 5 nitrogen and oxygen atoms in total. The van der Waals surface area contributed by atoms with Crippen LogP contribution in [0.15, 0.2) is 0 Å². The highest BCUT2D eigenvalue weighted by atomic mass is 16.3. The van der Waals surface area contributed by atoms with E-state index in [1.54, 1.807) is 0 Å². The molecular weight excluding hydrogens is 150 g/mol. The van der Waals surface area contributed by atoms with E-state index < -0.39 is 30.6 Å². The summed E-state index contributed by atoms with van der Waals surface area (Å²) in [6.07, 6.45) is -2.89. The highest BCUT2D eigenvalue weighted by molar-refractivity contribution is 5.80. The molecule has 5 heteroatoms. The minimum Gasteiger partial charge on any atom is -0.395 e. The molecule has 0 saturated carbocycles. The maximum atomic E-state index is 10.5. The third kappa shape index (κ3) is 2.94. The molecule has 0 aromatic heterocycles. The normalized spacial score (nSPS) is 19.0. The zero-order valence-corrected chi connectivity index (χ0v) is 6.27. The predicted octanol–water partition coefficient (Wildman–Crippen LogP) is -2.38. The number of ketones is 1. The van der Waals surface area contributed by atoms with E-state index in [0.717, 1.165) is 6.92 Å². The number of carbonyl (C=O) groups is 1. The molecule has 0 aromatic rings. The summed E-state index contributed by atoms with van der Waals surface area (Å²) in [5.74, 6) is -0.568. The highest BCUT2D eigenvalue weighted by Gasteiger charge is 2.25. The van der Waals surface area contributed by atoms with Crippen molar-refractivity contribution in [3.05, 3.63) is 0 Å². The molecule has 0 aliphatic heterocycles. The average molecular weight is 163 g/mol. The monoisotopic (exact) mass is 163 g/mol. The molecule has 0 aromatic carbocycles. The van der Waals surface area contributed by atoms with Gasteiger partial charge < -0.3 is 21.1 Å². The SMILES string of the molecule is CC(=O)[C@@H](O)C(O)C(N)CO. The van der Waals surface area contributed by atoms with Gasteiger partial charge in [-0.25, -0.2) is 0 Å². The lowest BCUT2D eigenvalue weighted by Crippen LogP contribution is -2.47. The van der Waals surface area contributed by atoms with Crippen molar-refractivity contribution < 1.29 is 20.1 Å². The Balaban J connectivity index is 4.00. The summed E-state index contributed by atoms with van der Waals surface area (Å²) in [4.78, 5) is 10.5. The summed E-state index contributed by atoms with van der Waals surface area (Å²) in [5, 5.41) is 26.3. The molecule has 5 N–H and O–H groups in total. The molecule has 0 saturated heterocycles. The van der Waals surface area contributed by atoms with Crippen LogP contribution in [0.3, 0.4) is 0 Å². The van der Waals surface area contributed by atoms with Crippen molar-refractivity contribution >= 4 is 5.78 Å². The quantitative estimate of drug-likeness (QED) is 0.370. The van der Waals surface area contributed by atoms with Gasteiger partial charge in [0.1, 0.15) is 12.2 Å². The lowest BCUT2D eigenvalue weighted by atomic mass is 10.0. The van der Waals surface area contributed by atoms with Crippen LogP contribution in [0, 0.1) is 0 Å². The Bertz CT molecular complexity index is 139. The molecule has 3 atom stereocenters. The van der Waals surface area contributed by atoms with Crippen molar-refractivity contribution in [2.75, 3.05) is 6.61 Å². The van der Waals surface area contributed by atoms with E-state index >= 15 is 0 Å². The molecule has 0 aliphatic rings. The summed E-state index contributed by atoms with van der Waals surface area (Å²) in [5.41, 5.74) is 5.14. The van der Waals surface area contributed by atoms with Crippen molar-refractivity contribution in [1.82, 2.24) is 0 Å². The second-order valence-electron chi connectivity index (χ2n) is 2.39. The molecule has 0 amide bonds. The number of hydrogen-bond acceptors (Lipinski definition) is 5. The standard InChI is InChI=1S/C6H13NO4/c1-3(9)5(10)6(11)4(7)2-8/h4-6,8,10-11H,2,7H2,1H3/t4?,5-,6?/m1/s1. The highest BCUT2D eigenvalue weighted by Crippen LogP contribution is 1.98. The fraction of sp³-hybridized carbons (Fsp3) is 0.833. The van der Waals surface area contributed by atoms with E-state index in [-0.39, 0.29) is 0 Å². The van der Waals surface area contributed by atoms with E-state index in [9.17, 15) is 4.79 Å². The average Bonchev–Trinajstić information content (AvgIpc) is 2.00. The van der Waals surface area contributed by atoms with Crippen LogP contribution in [-0.2, 0) is 4.79 Å². The molecular formula is C6H13NO4. The van der Waals surface area contributed by atoms with Crippen LogP contribution in [0.5, 0.6) is 0 Å². The van der Waals surface area contributed by atoms with Gasteiger partial charge in [-0.3, -0.25) is 4.79 Å². The number of aliphatic hydroxyl groups is 3. The Hall–Kier alpha value is -0.490. The fourth-order valence-electron chi connectivity index (χ4n) is 0.583. The van der Waals surface area contributed by atoms with E-state index in [4.69, 9.17) is 21.1 Å². The first-order chi connectivity index (χ1) is 5.00. The first-order valence-electron chi connectivity index (χ1n) is 3.23. The molecule has 0 bridgehead atoms. The first kappa shape index (κ1) is 10.5. The fourth-order valence-corrected chi connectivity index (χ4v) is 0.583. The number of hydrogen-bond donors (Lipinski definition) is 4. The Morgan fingerprint density at radius 2 is 2.00 bits per heavy atom. The summed E-state index contributed by atoms with van der Waals surface area (Å²) in [6.45, 7) is 0.670. The zero-order valence-electron chi connectivity index (χ0n) is 6.27. The Kier molecular flexibility index (Phi) is 4.20. The van der Waals surface area contributed by atoms with Crippen LogP contribution in [0.1, 0.15) is 6.92 Å². The first-order valence-corrected chi connectivity index (χ1v) is 3.23. The minimum atomic E-state index is -1.50. The third-order valence-corrected chi connectivity index (χ3v) is 1.39. The van der Waals surface area contributed by atoms with Crippen molar-refractivity contribution in [2.45, 2.75) is 25.2 Å². The molecule has 0 spiro atoms. The Labute approximate surface area is 64.4 Å². The number of aliphatic hydroxyl groups excluding tert-OH is 3. The van der Waals surface area contributed by atoms with Crippen LogP contribution in [0.4, 0.5) is 0 Å². The number of nitrogens with two attached hydrogens (primary N) is 1. The maximum absolute atomic E-state index is 10.5. The number of Topliss-reactive ketones (excluding diaryl/α,β-unsaturated/α-hetero) is 1. The lowest BCUT2D eigenvalue weighted by molar-refractivity contribution is -0.131. The van der Waals surface area contributed by atoms with Crippen molar-refractivity contribution in [1.29, 1.82) is 0 Å². The van der Waals surface area contributed by atoms with Crippen LogP contribution >= 0.6 is 0 Å². The zero-order chi connectivity index (χ0) is 9.02. The minimum absolute atomic E-state index is 0.467. The molecule has 66 valence electrons. The van der Waals surface area contributed by atoms with Crippen LogP contribution in [-0.4, -0.2) is 46.0 Å². The van der Waals surface area contributed by atoms with Crippen molar-refractivity contribution in [2.24, 2.45) is 5.73 Å². The second kappa shape index (κ2) is 4.40. The largest absolute Gasteiger partial charge is 0.395 e. The molecule has 2 unspecified atom stereocenters. The predicted molar refractivity (Wildman–Crippen MR) is 37.8 cm³/mol. The lowest BCUT2D eigenvalue weighted by Gasteiger charge is -2.19. The van der Waals surface area contributed by atoms with E-state index in [2.05, 4.69) is 0 Å². The van der Waals surface area contributed by atoms with Crippen molar-refractivity contribution in [3.8, 4) is 0 Å². The van der Waals surface area contributed by atoms with Gasteiger partial charge in [-0.05, 0) is 6.92 Å². The third-order valence-electron chi connectivity index (χ3n) is 1.39. The van der Waals surface area contributed by atoms with Gasteiger partial charge in [-0.2, -0.15) is 0 Å². The number of rotatable bonds is 4. The van der Waals surface area contributed by atoms with E-state index in [1.165, 1.54) is 0 Å². The summed E-state index contributed by atoms with van der Waals surface area (Å²) >= 11 is 0. The maximum Gasteiger partial charge on any atom is 0.160 e. The molecule has 0 heterocycles. The molecule has 0 rings (SSSR count). The van der Waals surface area contributed by atoms with Crippen LogP contribution < -0.4 is 5.73 Å². The van der Waals surface area contributed by atoms with Gasteiger partial charge >= 0.3 is 0 Å². The summed E-state index contributed by atoms with van der Waals surface area (Å²) in [6, 6.07) is -0.978. The van der Waals surface area contributed by atoms with Crippen LogP contribution in [0.2, 0.25) is 0 Å². The van der Waals surface area contributed by atoms with Gasteiger partial charge in [-0.1, -0.05) is 0 Å². The van der Waals surface area contributed by atoms with E-state index in [0.29, 0.717) is 0 Å². The van der Waals surface area contributed by atoms with E-state index in [1.807, 2.05) is 0 Å². The molecule has 11 heavy (non-hydrogen) atoms. The van der Waals surface area contributed by atoms with Crippen molar-refractivity contribution in [3.63, 3.8) is 0 Å². The van der Waals surface area contributed by atoms with Gasteiger partial charge in [0.15, 0.2) is 5.78 Å². The number of carbonyl (C=O) groups excluding carboxylic acids is 1. The van der Waals surface area contributed by atoms with Gasteiger partial charge in [0, 0.05) is 0 Å². The molecule has 0 radical (unpaired) electrons. The molecule has 0 fully saturated rings.